The number of nitrogens with one attached hydrogen (secondary N) is 2. The Labute approximate surface area is 242 Å². The summed E-state index contributed by atoms with van der Waals surface area (Å²) in [6.07, 6.45) is 1.97. The molecule has 6 atom stereocenters. The topological polar surface area (TPSA) is 142 Å². The van der Waals surface area contributed by atoms with Crippen molar-refractivity contribution in [3.8, 4) is 18.1 Å². The number of hydrogen-bond donors (Lipinski definition) is 3. The molecule has 0 aliphatic carbocycles. The fraction of sp³-hybridized carbons (Fsp3) is 0.462. The van der Waals surface area contributed by atoms with Crippen LogP contribution in [0.4, 0.5) is 10.2 Å². The molecule has 12 nitrogen and oxygen atoms in total. The number of ether oxygens (including phenoxy) is 2. The van der Waals surface area contributed by atoms with Gasteiger partial charge < -0.3 is 28.9 Å². The van der Waals surface area contributed by atoms with Gasteiger partial charge in [-0.3, -0.25) is 9.36 Å². The van der Waals surface area contributed by atoms with Gasteiger partial charge in [-0.1, -0.05) is 24.1 Å². The normalized spacial score (nSPS) is 24.5. The van der Waals surface area contributed by atoms with Crippen molar-refractivity contribution in [1.82, 2.24) is 24.6 Å². The largest absolute Gasteiger partial charge is 0.462 e. The van der Waals surface area contributed by atoms with E-state index in [-0.39, 0.29) is 11.8 Å². The number of para-hydroxylation sites is 1. The van der Waals surface area contributed by atoms with E-state index in [0.29, 0.717) is 22.9 Å². The first-order chi connectivity index (χ1) is 19.4. The van der Waals surface area contributed by atoms with Crippen LogP contribution < -0.4 is 14.9 Å². The minimum absolute atomic E-state index is 0.259. The summed E-state index contributed by atoms with van der Waals surface area (Å²) in [6.45, 7) is 2.76. The third kappa shape index (κ3) is 6.51. The van der Waals surface area contributed by atoms with Gasteiger partial charge in [-0.05, 0) is 51.6 Å². The summed E-state index contributed by atoms with van der Waals surface area (Å²) in [4.78, 5) is 25.4. The molecule has 1 saturated heterocycles. The van der Waals surface area contributed by atoms with Crippen LogP contribution in [0.25, 0.3) is 11.2 Å². The molecule has 220 valence electrons. The van der Waals surface area contributed by atoms with Crippen LogP contribution in [-0.2, 0) is 30.6 Å². The zero-order valence-electron chi connectivity index (χ0n) is 23.1. The number of carbonyl (C=O) groups excluding carboxylic acids is 1. The number of aromatic nitrogens is 4. The number of halogens is 1. The maximum atomic E-state index is 16.2. The number of aliphatic hydroxyl groups is 1. The van der Waals surface area contributed by atoms with Crippen molar-refractivity contribution in [2.24, 2.45) is 0 Å². The molecule has 4 rings (SSSR count). The molecule has 3 heterocycles. The highest BCUT2D eigenvalue weighted by atomic mass is 32.5. The van der Waals surface area contributed by atoms with E-state index in [2.05, 4.69) is 25.4 Å². The average Bonchev–Trinajstić information content (AvgIpc) is 3.45. The fourth-order valence-electron chi connectivity index (χ4n) is 4.19. The number of imidazole rings is 1. The van der Waals surface area contributed by atoms with Crippen molar-refractivity contribution in [2.45, 2.75) is 63.9 Å². The van der Waals surface area contributed by atoms with Gasteiger partial charge in [-0.2, -0.15) is 0 Å². The molecule has 15 heteroatoms. The number of esters is 1. The molecule has 3 N–H and O–H groups in total. The molecule has 2 aromatic heterocycles. The molecule has 41 heavy (non-hydrogen) atoms. The zero-order chi connectivity index (χ0) is 29.9. The summed E-state index contributed by atoms with van der Waals surface area (Å²) in [5, 5.41) is 16.8. The Kier molecular flexibility index (Phi) is 9.28. The van der Waals surface area contributed by atoms with E-state index >= 15 is 4.39 Å². The van der Waals surface area contributed by atoms with Crippen LogP contribution >= 0.6 is 6.64 Å². The molecule has 0 radical (unpaired) electrons. The van der Waals surface area contributed by atoms with Gasteiger partial charge in [0.1, 0.15) is 29.8 Å². The van der Waals surface area contributed by atoms with Gasteiger partial charge in [0.15, 0.2) is 23.2 Å². The van der Waals surface area contributed by atoms with Crippen LogP contribution in [0.3, 0.4) is 0 Å². The molecule has 1 fully saturated rings. The van der Waals surface area contributed by atoms with E-state index in [1.165, 1.54) is 10.9 Å². The summed E-state index contributed by atoms with van der Waals surface area (Å²) in [6, 6.07) is 7.70. The maximum absolute atomic E-state index is 16.2. The lowest BCUT2D eigenvalue weighted by molar-refractivity contribution is -0.149. The van der Waals surface area contributed by atoms with Crippen molar-refractivity contribution >= 4 is 41.4 Å². The molecule has 1 aliphatic heterocycles. The van der Waals surface area contributed by atoms with Crippen molar-refractivity contribution in [1.29, 1.82) is 0 Å². The second-order valence-electron chi connectivity index (χ2n) is 9.61. The van der Waals surface area contributed by atoms with Gasteiger partial charge in [0.05, 0.1) is 19.0 Å². The molecule has 1 aromatic carbocycles. The Morgan fingerprint density at radius 3 is 2.68 bits per heavy atom. The van der Waals surface area contributed by atoms with Crippen LogP contribution in [0, 0.1) is 19.3 Å². The standard InChI is InChI=1S/C26H32FN6O6PS/c1-7-26(27)21(34)19(38-25(26)33-14-29-20-22(28-6)30-17(5)31-23(20)33)13-36-40(41,39-18-11-9-8-10-12-18)32-16(4)24(35)37-15(2)3/h1,8-12,14-16,19,21,25,34H,13H2,2-6H3,(H,32,41)(H,28,30,31)/t16-,19+,21+,25+,26+,40+/m0/s1. The molecular formula is C26H32FN6O6PS. The quantitative estimate of drug-likeness (QED) is 0.168. The highest BCUT2D eigenvalue weighted by Gasteiger charge is 2.58. The van der Waals surface area contributed by atoms with Gasteiger partial charge in [-0.15, -0.1) is 6.42 Å². The summed E-state index contributed by atoms with van der Waals surface area (Å²) < 4.78 is 40.7. The van der Waals surface area contributed by atoms with Crippen molar-refractivity contribution < 1.29 is 32.8 Å². The van der Waals surface area contributed by atoms with E-state index < -0.39 is 49.4 Å². The summed E-state index contributed by atoms with van der Waals surface area (Å²) in [5.41, 5.74) is -2.05. The van der Waals surface area contributed by atoms with Crippen LogP contribution in [0.1, 0.15) is 32.8 Å². The van der Waals surface area contributed by atoms with Crippen LogP contribution in [-0.4, -0.2) is 74.3 Å². The van der Waals surface area contributed by atoms with Crippen molar-refractivity contribution in [2.75, 3.05) is 19.0 Å². The number of aliphatic hydroxyl groups excluding tert-OH is 1. The fourth-order valence-corrected chi connectivity index (χ4v) is 6.61. The third-order valence-corrected chi connectivity index (χ3v) is 8.62. The molecular weight excluding hydrogens is 574 g/mol. The molecule has 0 bridgehead atoms. The first kappa shape index (κ1) is 30.8. The molecule has 3 aromatic rings. The molecule has 0 spiro atoms. The van der Waals surface area contributed by atoms with Crippen LogP contribution in [0.5, 0.6) is 5.75 Å². The van der Waals surface area contributed by atoms with Gasteiger partial charge >= 0.3 is 12.6 Å². The molecule has 1 aliphatic rings. The van der Waals surface area contributed by atoms with E-state index in [9.17, 15) is 9.90 Å². The average molecular weight is 607 g/mol. The van der Waals surface area contributed by atoms with Gasteiger partial charge in [0, 0.05) is 7.05 Å². The summed E-state index contributed by atoms with van der Waals surface area (Å²) in [5.74, 6) is 2.69. The Hall–Kier alpha value is -3.18. The Bertz CT molecular complexity index is 1490. The minimum atomic E-state index is -3.49. The Balaban J connectivity index is 1.60. The predicted molar refractivity (Wildman–Crippen MR) is 153 cm³/mol. The SMILES string of the molecule is C#C[C@@]1(F)[C@H](O)[C@@H](CO[P@](=S)(N[C@@H](C)C(=O)OC(C)C)Oc2ccccc2)O[C@H]1n1cnc2c(NC)nc(C)nc21. The number of benzene rings is 1. The van der Waals surface area contributed by atoms with Gasteiger partial charge in [0.25, 0.3) is 0 Å². The third-order valence-electron chi connectivity index (χ3n) is 6.12. The first-order valence-electron chi connectivity index (χ1n) is 12.8. The second kappa shape index (κ2) is 12.4. The van der Waals surface area contributed by atoms with Crippen LogP contribution in [0.15, 0.2) is 36.7 Å². The first-order valence-corrected chi connectivity index (χ1v) is 15.4. The van der Waals surface area contributed by atoms with E-state index in [1.54, 1.807) is 65.1 Å². The predicted octanol–water partition coefficient (Wildman–Crippen LogP) is 3.03. The van der Waals surface area contributed by atoms with Crippen molar-refractivity contribution in [3.63, 3.8) is 0 Å². The number of alkyl halides is 1. The molecule has 0 unspecified atom stereocenters. The molecule has 0 saturated carbocycles. The Morgan fingerprint density at radius 1 is 1.34 bits per heavy atom. The maximum Gasteiger partial charge on any atom is 0.323 e. The number of anilines is 1. The van der Waals surface area contributed by atoms with Crippen LogP contribution in [0.2, 0.25) is 0 Å². The lowest BCUT2D eigenvalue weighted by Gasteiger charge is -2.28. The van der Waals surface area contributed by atoms with Crippen molar-refractivity contribution in [3.05, 3.63) is 42.5 Å². The number of rotatable bonds is 11. The summed E-state index contributed by atoms with van der Waals surface area (Å²) >= 11 is 5.70. The van der Waals surface area contributed by atoms with E-state index in [0.717, 1.165) is 0 Å². The smallest absolute Gasteiger partial charge is 0.323 e. The highest BCUT2D eigenvalue weighted by molar-refractivity contribution is 8.09. The number of nitrogens with zero attached hydrogens (tertiary/aromatic N) is 4. The minimum Gasteiger partial charge on any atom is -0.462 e. The number of fused-ring (bicyclic) bond motifs is 1. The van der Waals surface area contributed by atoms with E-state index in [4.69, 9.17) is 36.8 Å². The van der Waals surface area contributed by atoms with Gasteiger partial charge in [-0.25, -0.2) is 24.4 Å². The van der Waals surface area contributed by atoms with E-state index in [1.807, 2.05) is 5.92 Å². The number of carbonyl (C=O) groups is 1. The number of hydrogen-bond acceptors (Lipinski definition) is 11. The Morgan fingerprint density at radius 2 is 2.05 bits per heavy atom. The second-order valence-corrected chi connectivity index (χ2v) is 12.7. The number of terminal acetylenes is 1. The molecule has 0 amide bonds. The lowest BCUT2D eigenvalue weighted by Crippen LogP contribution is -2.42. The highest BCUT2D eigenvalue weighted by Crippen LogP contribution is 2.48. The van der Waals surface area contributed by atoms with Gasteiger partial charge in [0.2, 0.25) is 5.67 Å². The monoisotopic (exact) mass is 606 g/mol. The lowest BCUT2D eigenvalue weighted by atomic mass is 9.97. The number of aryl methyl sites for hydroxylation is 1. The summed E-state index contributed by atoms with van der Waals surface area (Å²) in [7, 11) is 1.67. The zero-order valence-corrected chi connectivity index (χ0v) is 24.9.